The molecule has 1 saturated heterocycles. The molecule has 0 unspecified atom stereocenters. The van der Waals surface area contributed by atoms with E-state index in [1.807, 2.05) is 0 Å². The standard InChI is InChI=1S/C15H23NO3S/c1-4-5-6-13(17)16-12-9-11-7-8-15(12,14(11,2)3)10-20(16,18)19/h4,11-12H,1,5-10H2,2-3H3/t11-,12-,15-/m0/s1. The molecule has 3 rings (SSSR count). The minimum atomic E-state index is -3.44. The van der Waals surface area contributed by atoms with Crippen molar-refractivity contribution in [3.05, 3.63) is 12.7 Å². The van der Waals surface area contributed by atoms with Crippen molar-refractivity contribution >= 4 is 15.9 Å². The molecular weight excluding hydrogens is 274 g/mol. The van der Waals surface area contributed by atoms with E-state index in [1.165, 1.54) is 4.31 Å². The highest BCUT2D eigenvalue weighted by Gasteiger charge is 2.72. The van der Waals surface area contributed by atoms with Gasteiger partial charge in [-0.05, 0) is 37.0 Å². The number of hydrogen-bond donors (Lipinski definition) is 0. The van der Waals surface area contributed by atoms with Crippen LogP contribution in [0, 0.1) is 16.7 Å². The molecule has 0 radical (unpaired) electrons. The predicted octanol–water partition coefficient (Wildman–Crippen LogP) is 2.32. The van der Waals surface area contributed by atoms with Crippen molar-refractivity contribution in [3.8, 4) is 0 Å². The highest BCUT2D eigenvalue weighted by Crippen LogP contribution is 2.69. The van der Waals surface area contributed by atoms with Crippen molar-refractivity contribution in [2.75, 3.05) is 5.75 Å². The molecule has 2 bridgehead atoms. The fraction of sp³-hybridized carbons (Fsp3) is 0.800. The summed E-state index contributed by atoms with van der Waals surface area (Å²) in [4.78, 5) is 12.3. The largest absolute Gasteiger partial charge is 0.274 e. The Labute approximate surface area is 121 Å². The SMILES string of the molecule is C=CCCC(=O)N1[C@H]2C[C@@H]3CC[C@@]2(CS1(=O)=O)C3(C)C. The Kier molecular flexibility index (Phi) is 2.89. The highest BCUT2D eigenvalue weighted by molar-refractivity contribution is 7.90. The Balaban J connectivity index is 1.98. The smallest absolute Gasteiger partial charge is 0.238 e. The molecule has 0 aromatic carbocycles. The summed E-state index contributed by atoms with van der Waals surface area (Å²) in [6, 6.07) is -0.0986. The van der Waals surface area contributed by atoms with E-state index in [-0.39, 0.29) is 35.0 Å². The number of nitrogens with zero attached hydrogens (tertiary/aromatic N) is 1. The van der Waals surface area contributed by atoms with Gasteiger partial charge < -0.3 is 0 Å². The van der Waals surface area contributed by atoms with Crippen LogP contribution in [0.3, 0.4) is 0 Å². The van der Waals surface area contributed by atoms with E-state index in [0.29, 0.717) is 12.3 Å². The van der Waals surface area contributed by atoms with E-state index in [1.54, 1.807) is 6.08 Å². The minimum absolute atomic E-state index is 0.0260. The molecule has 0 aromatic heterocycles. The number of amides is 1. The highest BCUT2D eigenvalue weighted by atomic mass is 32.2. The van der Waals surface area contributed by atoms with Gasteiger partial charge in [-0.15, -0.1) is 6.58 Å². The Hall–Kier alpha value is -0.840. The molecule has 1 heterocycles. The molecule has 112 valence electrons. The van der Waals surface area contributed by atoms with Crippen molar-refractivity contribution in [3.63, 3.8) is 0 Å². The lowest BCUT2D eigenvalue weighted by molar-refractivity contribution is -0.128. The summed E-state index contributed by atoms with van der Waals surface area (Å²) in [5, 5.41) is 0. The number of hydrogen-bond acceptors (Lipinski definition) is 3. The van der Waals surface area contributed by atoms with Crippen LogP contribution in [0.15, 0.2) is 12.7 Å². The Morgan fingerprint density at radius 2 is 2.15 bits per heavy atom. The fourth-order valence-electron chi connectivity index (χ4n) is 4.95. The van der Waals surface area contributed by atoms with Gasteiger partial charge >= 0.3 is 0 Å². The maximum atomic E-state index is 12.5. The summed E-state index contributed by atoms with van der Waals surface area (Å²) in [6.45, 7) is 7.99. The van der Waals surface area contributed by atoms with Crippen LogP contribution in [0.1, 0.15) is 46.0 Å². The number of carbonyl (C=O) groups excluding carboxylic acids is 1. The van der Waals surface area contributed by atoms with Crippen molar-refractivity contribution in [2.45, 2.75) is 52.0 Å². The van der Waals surface area contributed by atoms with Crippen LogP contribution in [-0.4, -0.2) is 30.4 Å². The molecule has 1 spiro atoms. The van der Waals surface area contributed by atoms with Crippen LogP contribution in [0.25, 0.3) is 0 Å². The Morgan fingerprint density at radius 1 is 1.45 bits per heavy atom. The van der Waals surface area contributed by atoms with Gasteiger partial charge in [0.25, 0.3) is 0 Å². The summed E-state index contributed by atoms with van der Waals surface area (Å²) >= 11 is 0. The Morgan fingerprint density at radius 3 is 2.75 bits per heavy atom. The fourth-order valence-corrected chi connectivity index (χ4v) is 7.53. The molecule has 1 amide bonds. The van der Waals surface area contributed by atoms with Gasteiger partial charge in [-0.25, -0.2) is 12.7 Å². The first-order chi connectivity index (χ1) is 9.26. The van der Waals surface area contributed by atoms with Gasteiger partial charge in [0, 0.05) is 11.8 Å². The first kappa shape index (κ1) is 14.1. The van der Waals surface area contributed by atoms with Gasteiger partial charge in [0.15, 0.2) is 0 Å². The maximum absolute atomic E-state index is 12.5. The molecule has 3 atom stereocenters. The number of rotatable bonds is 3. The van der Waals surface area contributed by atoms with Crippen LogP contribution in [-0.2, 0) is 14.8 Å². The Bertz CT molecular complexity index is 566. The molecule has 2 saturated carbocycles. The van der Waals surface area contributed by atoms with E-state index in [4.69, 9.17) is 0 Å². The molecular formula is C15H23NO3S. The van der Waals surface area contributed by atoms with Crippen molar-refractivity contribution in [1.82, 2.24) is 4.31 Å². The molecule has 5 heteroatoms. The number of sulfonamides is 1. The van der Waals surface area contributed by atoms with Gasteiger partial charge in [-0.3, -0.25) is 4.79 Å². The lowest BCUT2D eigenvalue weighted by atomic mass is 9.69. The van der Waals surface area contributed by atoms with Crippen molar-refractivity contribution < 1.29 is 13.2 Å². The van der Waals surface area contributed by atoms with Gasteiger partial charge in [-0.1, -0.05) is 19.9 Å². The topological polar surface area (TPSA) is 54.5 Å². The van der Waals surface area contributed by atoms with E-state index in [2.05, 4.69) is 20.4 Å². The summed E-state index contributed by atoms with van der Waals surface area (Å²) in [5.74, 6) is 0.474. The lowest BCUT2D eigenvalue weighted by Gasteiger charge is -2.37. The zero-order valence-electron chi connectivity index (χ0n) is 12.3. The molecule has 3 fully saturated rings. The van der Waals surface area contributed by atoms with Crippen LogP contribution < -0.4 is 0 Å². The molecule has 4 nitrogen and oxygen atoms in total. The number of carbonyl (C=O) groups is 1. The zero-order valence-corrected chi connectivity index (χ0v) is 13.1. The zero-order chi connectivity index (χ0) is 14.8. The normalized spacial score (nSPS) is 39.8. The lowest BCUT2D eigenvalue weighted by Crippen LogP contribution is -2.44. The van der Waals surface area contributed by atoms with Crippen LogP contribution in [0.5, 0.6) is 0 Å². The van der Waals surface area contributed by atoms with Gasteiger partial charge in [0.05, 0.1) is 11.8 Å². The quantitative estimate of drug-likeness (QED) is 0.751. The third-order valence-corrected chi connectivity index (χ3v) is 8.16. The molecule has 1 aliphatic heterocycles. The second-order valence-electron chi connectivity index (χ2n) is 7.14. The van der Waals surface area contributed by atoms with Gasteiger partial charge in [0.2, 0.25) is 15.9 Å². The summed E-state index contributed by atoms with van der Waals surface area (Å²) in [7, 11) is -3.44. The summed E-state index contributed by atoms with van der Waals surface area (Å²) < 4.78 is 26.3. The van der Waals surface area contributed by atoms with E-state index < -0.39 is 10.0 Å². The number of allylic oxidation sites excluding steroid dienone is 1. The van der Waals surface area contributed by atoms with Crippen molar-refractivity contribution in [2.24, 2.45) is 16.7 Å². The first-order valence-electron chi connectivity index (χ1n) is 7.42. The molecule has 20 heavy (non-hydrogen) atoms. The van der Waals surface area contributed by atoms with Gasteiger partial charge in [-0.2, -0.15) is 0 Å². The predicted molar refractivity (Wildman–Crippen MR) is 77.4 cm³/mol. The second kappa shape index (κ2) is 4.09. The van der Waals surface area contributed by atoms with E-state index in [9.17, 15) is 13.2 Å². The second-order valence-corrected chi connectivity index (χ2v) is 8.98. The monoisotopic (exact) mass is 297 g/mol. The number of fused-ring (bicyclic) bond motifs is 1. The van der Waals surface area contributed by atoms with Crippen LogP contribution >= 0.6 is 0 Å². The summed E-state index contributed by atoms with van der Waals surface area (Å²) in [5.41, 5.74) is -0.182. The molecule has 0 aromatic rings. The average Bonchev–Trinajstić information content (AvgIpc) is 2.82. The van der Waals surface area contributed by atoms with E-state index in [0.717, 1.165) is 19.3 Å². The third-order valence-electron chi connectivity index (χ3n) is 6.22. The van der Waals surface area contributed by atoms with Crippen LogP contribution in [0.2, 0.25) is 0 Å². The van der Waals surface area contributed by atoms with E-state index >= 15 is 0 Å². The summed E-state index contributed by atoms with van der Waals surface area (Å²) in [6.07, 6.45) is 5.36. The average molecular weight is 297 g/mol. The van der Waals surface area contributed by atoms with Gasteiger partial charge in [0.1, 0.15) is 0 Å². The molecule has 3 aliphatic rings. The molecule has 2 aliphatic carbocycles. The molecule has 0 N–H and O–H groups in total. The third kappa shape index (κ3) is 1.53. The minimum Gasteiger partial charge on any atom is -0.274 e. The van der Waals surface area contributed by atoms with Crippen molar-refractivity contribution in [1.29, 1.82) is 0 Å². The van der Waals surface area contributed by atoms with Crippen LogP contribution in [0.4, 0.5) is 0 Å². The maximum Gasteiger partial charge on any atom is 0.238 e. The first-order valence-corrected chi connectivity index (χ1v) is 9.03.